The van der Waals surface area contributed by atoms with Crippen LogP contribution in [0.25, 0.3) is 0 Å². The van der Waals surface area contributed by atoms with Crippen LogP contribution in [0.1, 0.15) is 62.1 Å². The number of carbonyl (C=O) groups excluding carboxylic acids is 4. The minimum Gasteiger partial charge on any atom is -0.490 e. The van der Waals surface area contributed by atoms with Crippen molar-refractivity contribution in [2.75, 3.05) is 31.8 Å². The first-order valence-corrected chi connectivity index (χ1v) is 21.0. The van der Waals surface area contributed by atoms with Crippen LogP contribution in [0.4, 0.5) is 0 Å². The molecule has 55 heavy (non-hydrogen) atoms. The Bertz CT molecular complexity index is 1860. The van der Waals surface area contributed by atoms with Crippen molar-refractivity contribution in [2.24, 2.45) is 5.92 Å². The number of ether oxygens (including phenoxy) is 3. The van der Waals surface area contributed by atoms with Gasteiger partial charge in [-0.25, -0.2) is 8.42 Å². The van der Waals surface area contributed by atoms with E-state index < -0.39 is 33.7 Å². The van der Waals surface area contributed by atoms with Crippen molar-refractivity contribution in [1.29, 1.82) is 0 Å². The molecule has 4 aliphatic heterocycles. The molecule has 14 heteroatoms. The fraction of sp³-hybridized carbons (Fsp3) is 0.463. The maximum absolute atomic E-state index is 13.7. The van der Waals surface area contributed by atoms with Crippen LogP contribution in [0.2, 0.25) is 0 Å². The number of benzene rings is 3. The molecule has 0 unspecified atom stereocenters. The Labute approximate surface area is 323 Å². The van der Waals surface area contributed by atoms with Gasteiger partial charge in [0.2, 0.25) is 17.7 Å². The molecule has 3 aromatic carbocycles. The quantitative estimate of drug-likeness (QED) is 0.280. The second kappa shape index (κ2) is 20.0. The van der Waals surface area contributed by atoms with E-state index in [9.17, 15) is 27.6 Å². The summed E-state index contributed by atoms with van der Waals surface area (Å²) in [6.07, 6.45) is 4.43. The smallest absolute Gasteiger partial charge is 0.258 e. The van der Waals surface area contributed by atoms with Crippen LogP contribution in [0.5, 0.6) is 17.2 Å². The Morgan fingerprint density at radius 1 is 0.764 bits per heavy atom. The molecule has 1 aliphatic carbocycles. The highest BCUT2D eigenvalue weighted by atomic mass is 32.2. The van der Waals surface area contributed by atoms with Crippen molar-refractivity contribution in [3.8, 4) is 17.2 Å². The van der Waals surface area contributed by atoms with Crippen LogP contribution in [-0.2, 0) is 48.5 Å². The van der Waals surface area contributed by atoms with Crippen LogP contribution in [0.15, 0.2) is 72.8 Å². The summed E-state index contributed by atoms with van der Waals surface area (Å²) in [6, 6.07) is 20.0. The molecule has 3 aromatic rings. The lowest BCUT2D eigenvalue weighted by Gasteiger charge is -2.29. The van der Waals surface area contributed by atoms with Crippen LogP contribution in [0.3, 0.4) is 0 Å². The van der Waals surface area contributed by atoms with Crippen molar-refractivity contribution in [3.63, 3.8) is 0 Å². The predicted octanol–water partition coefficient (Wildman–Crippen LogP) is 3.43. The molecule has 5 aliphatic rings. The van der Waals surface area contributed by atoms with E-state index >= 15 is 0 Å². The van der Waals surface area contributed by atoms with Crippen molar-refractivity contribution >= 4 is 33.5 Å². The molecule has 2 atom stereocenters. The number of nitrogens with one attached hydrogen (secondary N) is 4. The number of amides is 4. The van der Waals surface area contributed by atoms with Gasteiger partial charge >= 0.3 is 0 Å². The summed E-state index contributed by atoms with van der Waals surface area (Å²) in [5.41, 5.74) is 2.48. The van der Waals surface area contributed by atoms with Gasteiger partial charge < -0.3 is 35.5 Å². The highest BCUT2D eigenvalue weighted by Gasteiger charge is 2.30. The van der Waals surface area contributed by atoms with E-state index in [1.165, 1.54) is 0 Å². The van der Waals surface area contributed by atoms with Crippen LogP contribution < -0.4 is 35.5 Å². The van der Waals surface area contributed by atoms with E-state index in [1.807, 2.05) is 73.7 Å². The van der Waals surface area contributed by atoms with E-state index in [4.69, 9.17) is 14.2 Å². The van der Waals surface area contributed by atoms with Gasteiger partial charge in [0, 0.05) is 37.2 Å². The lowest BCUT2D eigenvalue weighted by Crippen LogP contribution is -2.55. The molecule has 1 fully saturated rings. The summed E-state index contributed by atoms with van der Waals surface area (Å²) in [7, 11) is -3.46. The van der Waals surface area contributed by atoms with Crippen molar-refractivity contribution in [3.05, 3.63) is 89.5 Å². The second-order valence-corrected chi connectivity index (χ2v) is 16.5. The van der Waals surface area contributed by atoms with Gasteiger partial charge in [-0.15, -0.1) is 0 Å². The van der Waals surface area contributed by atoms with Gasteiger partial charge in [-0.05, 0) is 80.7 Å². The van der Waals surface area contributed by atoms with E-state index in [0.29, 0.717) is 56.0 Å². The Hall–Kier alpha value is -5.11. The minimum atomic E-state index is -3.46. The standard InChI is InChI=1S/C41H52N4O9S/c1-3-52-36-11-7-10-31-26-53-33-18-14-28(15-19-33)20-22-42-40(48)35(24-29-8-5-4-6-9-29)45-41(49)34(21-23-55(2,50)51)44-37(46)25-30-12-16-32(17-13-30)43-38(47)27-54-39(31)36/h4-11,14-15,18-19,30,32,34-35H,3,12-13,16-17,20-27H2,1-2H3,(H,42,48)(H,43,47)(H,44,46)(H,45,49)/t30?,32?,34-,35+/m0/s1. The van der Waals surface area contributed by atoms with Gasteiger partial charge in [0.05, 0.1) is 12.4 Å². The molecular weight excluding hydrogens is 725 g/mol. The lowest BCUT2D eigenvalue weighted by atomic mass is 9.84. The molecule has 8 rings (SSSR count). The average Bonchev–Trinajstić information content (AvgIpc) is 3.16. The Kier molecular flexibility index (Phi) is 14.9. The van der Waals surface area contributed by atoms with Crippen molar-refractivity contribution < 1.29 is 41.8 Å². The van der Waals surface area contributed by atoms with Crippen LogP contribution in [-0.4, -0.2) is 81.9 Å². The zero-order valence-corrected chi connectivity index (χ0v) is 32.3. The topological polar surface area (TPSA) is 178 Å². The van der Waals surface area contributed by atoms with Gasteiger partial charge in [0.15, 0.2) is 18.1 Å². The molecular formula is C41H52N4O9S. The fourth-order valence-corrected chi connectivity index (χ4v) is 7.50. The molecule has 296 valence electrons. The minimum absolute atomic E-state index is 0.0120. The highest BCUT2D eigenvalue weighted by Crippen LogP contribution is 2.33. The molecule has 1 saturated carbocycles. The summed E-state index contributed by atoms with van der Waals surface area (Å²) in [4.78, 5) is 53.7. The molecule has 4 heterocycles. The maximum Gasteiger partial charge on any atom is 0.258 e. The van der Waals surface area contributed by atoms with Gasteiger partial charge in [-0.3, -0.25) is 19.2 Å². The van der Waals surface area contributed by atoms with E-state index in [-0.39, 0.29) is 68.5 Å². The van der Waals surface area contributed by atoms with E-state index in [2.05, 4.69) is 21.3 Å². The summed E-state index contributed by atoms with van der Waals surface area (Å²) in [5.74, 6) is -0.431. The molecule has 0 radical (unpaired) electrons. The van der Waals surface area contributed by atoms with Crippen LogP contribution in [0, 0.1) is 5.92 Å². The SMILES string of the molecule is CCOc1cccc2c1OCC(=O)NC1CCC(CC1)CC(=O)N[C@@H](CCS(C)(=O)=O)C(=O)N[C@H](Cc1ccccc1)C(=O)NCCc1ccc(cc1)OC2. The zero-order valence-electron chi connectivity index (χ0n) is 31.5. The third-order valence-electron chi connectivity index (χ3n) is 9.77. The zero-order chi connectivity index (χ0) is 39.2. The lowest BCUT2D eigenvalue weighted by molar-refractivity contribution is -0.132. The molecule has 0 saturated heterocycles. The van der Waals surface area contributed by atoms with Crippen LogP contribution >= 0.6 is 0 Å². The summed E-state index contributed by atoms with van der Waals surface area (Å²) in [6.45, 7) is 2.53. The van der Waals surface area contributed by atoms with Crippen molar-refractivity contribution in [1.82, 2.24) is 21.3 Å². The summed E-state index contributed by atoms with van der Waals surface area (Å²) >= 11 is 0. The molecule has 13 nitrogen and oxygen atoms in total. The number of sulfone groups is 1. The second-order valence-electron chi connectivity index (χ2n) is 14.2. The maximum atomic E-state index is 13.7. The number of rotatable bonds is 7. The van der Waals surface area contributed by atoms with Crippen molar-refractivity contribution in [2.45, 2.75) is 83.0 Å². The van der Waals surface area contributed by atoms with Gasteiger partial charge in [0.1, 0.15) is 34.3 Å². The summed E-state index contributed by atoms with van der Waals surface area (Å²) < 4.78 is 42.2. The number of carbonyl (C=O) groups is 4. The third kappa shape index (κ3) is 13.3. The molecule has 4 bridgehead atoms. The first-order chi connectivity index (χ1) is 26.5. The molecule has 0 aromatic heterocycles. The van der Waals surface area contributed by atoms with E-state index in [1.54, 1.807) is 6.07 Å². The Balaban J connectivity index is 1.35. The predicted molar refractivity (Wildman–Crippen MR) is 207 cm³/mol. The largest absolute Gasteiger partial charge is 0.490 e. The third-order valence-corrected chi connectivity index (χ3v) is 10.7. The average molecular weight is 777 g/mol. The van der Waals surface area contributed by atoms with Gasteiger partial charge in [0.25, 0.3) is 5.91 Å². The fourth-order valence-electron chi connectivity index (χ4n) is 6.84. The number of hydrogen-bond acceptors (Lipinski definition) is 9. The normalized spacial score (nSPS) is 22.1. The Morgan fingerprint density at radius 2 is 1.51 bits per heavy atom. The first kappa shape index (κ1) is 41.1. The van der Waals surface area contributed by atoms with Gasteiger partial charge in [-0.2, -0.15) is 0 Å². The number of hydrogen-bond donors (Lipinski definition) is 4. The molecule has 4 N–H and O–H groups in total. The first-order valence-electron chi connectivity index (χ1n) is 18.9. The van der Waals surface area contributed by atoms with E-state index in [0.717, 1.165) is 22.9 Å². The number of para-hydroxylation sites is 1. The highest BCUT2D eigenvalue weighted by molar-refractivity contribution is 7.90. The Morgan fingerprint density at radius 3 is 2.22 bits per heavy atom. The molecule has 0 spiro atoms. The van der Waals surface area contributed by atoms with Gasteiger partial charge in [-0.1, -0.05) is 54.6 Å². The monoisotopic (exact) mass is 776 g/mol. The molecule has 4 amide bonds. The summed E-state index contributed by atoms with van der Waals surface area (Å²) in [5, 5.41) is 11.5.